The van der Waals surface area contributed by atoms with Crippen molar-refractivity contribution in [2.75, 3.05) is 7.11 Å². The average Bonchev–Trinajstić information content (AvgIpc) is 2.16. The van der Waals surface area contributed by atoms with E-state index < -0.39 is 0 Å². The third-order valence-electron chi connectivity index (χ3n) is 2.10. The van der Waals surface area contributed by atoms with Gasteiger partial charge in [-0.25, -0.2) is 0 Å². The molecule has 0 radical (unpaired) electrons. The van der Waals surface area contributed by atoms with Crippen molar-refractivity contribution in [3.05, 3.63) is 29.8 Å². The zero-order chi connectivity index (χ0) is 9.68. The molecule has 0 spiro atoms. The number of benzene rings is 1. The summed E-state index contributed by atoms with van der Waals surface area (Å²) in [5.74, 6) is 0. The van der Waals surface area contributed by atoms with Crippen LogP contribution in [-0.4, -0.2) is 7.11 Å². The zero-order valence-electron chi connectivity index (χ0n) is 8.16. The number of ether oxygens (including phenoxy) is 1. The lowest BCUT2D eigenvalue weighted by molar-refractivity contribution is 0.0950. The van der Waals surface area contributed by atoms with Crippen molar-refractivity contribution in [3.63, 3.8) is 0 Å². The lowest BCUT2D eigenvalue weighted by atomic mass is 10.1. The Morgan fingerprint density at radius 3 is 2.38 bits per heavy atom. The summed E-state index contributed by atoms with van der Waals surface area (Å²) in [4.78, 5) is 0.995. The molecular weight excluding hydrogens is 180 g/mol. The van der Waals surface area contributed by atoms with Crippen LogP contribution in [-0.2, 0) is 4.74 Å². The first-order chi connectivity index (χ1) is 6.27. The van der Waals surface area contributed by atoms with Gasteiger partial charge in [-0.15, -0.1) is 12.6 Å². The Hall–Kier alpha value is -0.470. The van der Waals surface area contributed by atoms with Crippen LogP contribution in [0, 0.1) is 0 Å². The molecule has 0 amide bonds. The summed E-state index contributed by atoms with van der Waals surface area (Å²) in [6, 6.07) is 8.15. The van der Waals surface area contributed by atoms with Gasteiger partial charge in [-0.05, 0) is 24.1 Å². The van der Waals surface area contributed by atoms with Crippen LogP contribution in [0.1, 0.15) is 31.4 Å². The fraction of sp³-hybridized carbons (Fsp3) is 0.455. The van der Waals surface area contributed by atoms with Gasteiger partial charge in [0.25, 0.3) is 0 Å². The van der Waals surface area contributed by atoms with E-state index in [4.69, 9.17) is 4.74 Å². The molecule has 1 aromatic rings. The Morgan fingerprint density at radius 1 is 1.31 bits per heavy atom. The molecule has 0 bridgehead atoms. The Morgan fingerprint density at radius 2 is 1.92 bits per heavy atom. The first kappa shape index (κ1) is 10.6. The van der Waals surface area contributed by atoms with E-state index in [1.807, 2.05) is 12.1 Å². The third-order valence-corrected chi connectivity index (χ3v) is 2.40. The molecule has 0 aromatic heterocycles. The van der Waals surface area contributed by atoms with Gasteiger partial charge in [0.15, 0.2) is 0 Å². The first-order valence-corrected chi connectivity index (χ1v) is 5.04. The van der Waals surface area contributed by atoms with Crippen molar-refractivity contribution in [1.82, 2.24) is 0 Å². The SMILES string of the molecule is CCCC(OC)c1ccc(S)cc1. The summed E-state index contributed by atoms with van der Waals surface area (Å²) < 4.78 is 5.39. The summed E-state index contributed by atoms with van der Waals surface area (Å²) in [7, 11) is 1.76. The first-order valence-electron chi connectivity index (χ1n) is 4.59. The van der Waals surface area contributed by atoms with Gasteiger partial charge in [-0.2, -0.15) is 0 Å². The molecule has 1 aromatic carbocycles. The Bertz CT molecular complexity index is 243. The van der Waals surface area contributed by atoms with Crippen LogP contribution >= 0.6 is 12.6 Å². The van der Waals surface area contributed by atoms with E-state index in [2.05, 4.69) is 31.7 Å². The van der Waals surface area contributed by atoms with Crippen molar-refractivity contribution in [2.45, 2.75) is 30.8 Å². The van der Waals surface area contributed by atoms with Crippen LogP contribution in [0.25, 0.3) is 0 Å². The molecule has 0 saturated heterocycles. The molecule has 0 aliphatic heterocycles. The number of hydrogen-bond donors (Lipinski definition) is 1. The van der Waals surface area contributed by atoms with Crippen molar-refractivity contribution < 1.29 is 4.74 Å². The zero-order valence-corrected chi connectivity index (χ0v) is 9.05. The highest BCUT2D eigenvalue weighted by Crippen LogP contribution is 2.22. The lowest BCUT2D eigenvalue weighted by Crippen LogP contribution is -2.00. The highest BCUT2D eigenvalue weighted by atomic mass is 32.1. The van der Waals surface area contributed by atoms with E-state index in [1.54, 1.807) is 7.11 Å². The van der Waals surface area contributed by atoms with Crippen molar-refractivity contribution in [2.24, 2.45) is 0 Å². The van der Waals surface area contributed by atoms with Crippen LogP contribution in [0.2, 0.25) is 0 Å². The third kappa shape index (κ3) is 3.05. The standard InChI is InChI=1S/C11H16OS/c1-3-4-11(12-2)9-5-7-10(13)8-6-9/h5-8,11,13H,3-4H2,1-2H3. The molecule has 2 heteroatoms. The van der Waals surface area contributed by atoms with Gasteiger partial charge >= 0.3 is 0 Å². The van der Waals surface area contributed by atoms with Gasteiger partial charge < -0.3 is 4.74 Å². The molecule has 0 fully saturated rings. The van der Waals surface area contributed by atoms with Crippen LogP contribution in [0.5, 0.6) is 0 Å². The number of rotatable bonds is 4. The molecule has 0 heterocycles. The molecule has 0 saturated carbocycles. The number of methoxy groups -OCH3 is 1. The number of thiol groups is 1. The van der Waals surface area contributed by atoms with Gasteiger partial charge in [0, 0.05) is 12.0 Å². The number of hydrogen-bond acceptors (Lipinski definition) is 2. The van der Waals surface area contributed by atoms with E-state index >= 15 is 0 Å². The Balaban J connectivity index is 2.73. The van der Waals surface area contributed by atoms with Crippen molar-refractivity contribution in [3.8, 4) is 0 Å². The molecule has 1 rings (SSSR count). The van der Waals surface area contributed by atoms with Gasteiger partial charge in [-0.3, -0.25) is 0 Å². The smallest absolute Gasteiger partial charge is 0.0821 e. The maximum absolute atomic E-state index is 5.39. The molecule has 0 aliphatic rings. The van der Waals surface area contributed by atoms with Gasteiger partial charge in [0.05, 0.1) is 6.10 Å². The van der Waals surface area contributed by atoms with Crippen LogP contribution in [0.4, 0.5) is 0 Å². The molecule has 1 unspecified atom stereocenters. The highest BCUT2D eigenvalue weighted by molar-refractivity contribution is 7.80. The minimum absolute atomic E-state index is 0.235. The maximum atomic E-state index is 5.39. The summed E-state index contributed by atoms with van der Waals surface area (Å²) in [5, 5.41) is 0. The molecule has 1 nitrogen and oxygen atoms in total. The second kappa shape index (κ2) is 5.30. The van der Waals surface area contributed by atoms with E-state index in [9.17, 15) is 0 Å². The normalized spacial score (nSPS) is 12.8. The van der Waals surface area contributed by atoms with Crippen molar-refractivity contribution in [1.29, 1.82) is 0 Å². The second-order valence-corrected chi connectivity index (χ2v) is 3.62. The molecule has 72 valence electrons. The topological polar surface area (TPSA) is 9.23 Å². The molecule has 13 heavy (non-hydrogen) atoms. The minimum atomic E-state index is 0.235. The Kier molecular flexibility index (Phi) is 4.33. The van der Waals surface area contributed by atoms with Crippen LogP contribution in [0.15, 0.2) is 29.2 Å². The van der Waals surface area contributed by atoms with Crippen LogP contribution < -0.4 is 0 Å². The van der Waals surface area contributed by atoms with Gasteiger partial charge in [0.2, 0.25) is 0 Å². The van der Waals surface area contributed by atoms with Gasteiger partial charge in [0.1, 0.15) is 0 Å². The summed E-state index contributed by atoms with van der Waals surface area (Å²) in [6.07, 6.45) is 2.45. The predicted molar refractivity (Wildman–Crippen MR) is 58.4 cm³/mol. The fourth-order valence-electron chi connectivity index (χ4n) is 1.37. The molecule has 0 aliphatic carbocycles. The second-order valence-electron chi connectivity index (χ2n) is 3.10. The lowest BCUT2D eigenvalue weighted by Gasteiger charge is -2.14. The predicted octanol–water partition coefficient (Wildman–Crippen LogP) is 3.46. The minimum Gasteiger partial charge on any atom is -0.377 e. The molecular formula is C11H16OS. The van der Waals surface area contributed by atoms with E-state index in [0.29, 0.717) is 0 Å². The maximum Gasteiger partial charge on any atom is 0.0821 e. The largest absolute Gasteiger partial charge is 0.377 e. The summed E-state index contributed by atoms with van der Waals surface area (Å²) in [6.45, 7) is 2.17. The fourth-order valence-corrected chi connectivity index (χ4v) is 1.52. The van der Waals surface area contributed by atoms with E-state index in [-0.39, 0.29) is 6.10 Å². The molecule has 1 atom stereocenters. The van der Waals surface area contributed by atoms with E-state index in [1.165, 1.54) is 5.56 Å². The van der Waals surface area contributed by atoms with Crippen molar-refractivity contribution >= 4 is 12.6 Å². The summed E-state index contributed by atoms with van der Waals surface area (Å²) in [5.41, 5.74) is 1.24. The van der Waals surface area contributed by atoms with Crippen LogP contribution in [0.3, 0.4) is 0 Å². The Labute approximate surface area is 85.5 Å². The monoisotopic (exact) mass is 196 g/mol. The molecule has 0 N–H and O–H groups in total. The van der Waals surface area contributed by atoms with E-state index in [0.717, 1.165) is 17.7 Å². The quantitative estimate of drug-likeness (QED) is 0.725. The highest BCUT2D eigenvalue weighted by Gasteiger charge is 2.07. The van der Waals surface area contributed by atoms with Gasteiger partial charge in [-0.1, -0.05) is 25.5 Å². The average molecular weight is 196 g/mol. The summed E-state index contributed by atoms with van der Waals surface area (Å²) >= 11 is 4.24.